The highest BCUT2D eigenvalue weighted by Gasteiger charge is 2.75. The van der Waals surface area contributed by atoms with Gasteiger partial charge in [-0.2, -0.15) is 0 Å². The topological polar surface area (TPSA) is 127 Å². The summed E-state index contributed by atoms with van der Waals surface area (Å²) in [4.78, 5) is 44.9. The fourth-order valence-corrected chi connectivity index (χ4v) is 6.78. The van der Waals surface area contributed by atoms with E-state index in [1.54, 1.807) is 22.6 Å². The van der Waals surface area contributed by atoms with Gasteiger partial charge in [-0.05, 0) is 37.8 Å². The van der Waals surface area contributed by atoms with Crippen LogP contribution in [0.25, 0.3) is 11.0 Å². The van der Waals surface area contributed by atoms with Gasteiger partial charge in [0.25, 0.3) is 0 Å². The van der Waals surface area contributed by atoms with Gasteiger partial charge in [0, 0.05) is 6.54 Å². The smallest absolute Gasteiger partial charge is 0.312 e. The van der Waals surface area contributed by atoms with E-state index in [-0.39, 0.29) is 44.2 Å². The van der Waals surface area contributed by atoms with E-state index in [9.17, 15) is 19.5 Å². The fraction of sp³-hybridized carbons (Fsp3) is 0.607. The normalized spacial score (nSPS) is 28.9. The molecular formula is C28H37N5O6. The highest BCUT2D eigenvalue weighted by molar-refractivity contribution is 5.98. The number of aromatic nitrogens is 3. The lowest BCUT2D eigenvalue weighted by atomic mass is 9.70. The molecule has 210 valence electrons. The molecule has 11 nitrogen and oxygen atoms in total. The third-order valence-corrected chi connectivity index (χ3v) is 8.76. The second kappa shape index (κ2) is 10.7. The lowest BCUT2D eigenvalue weighted by Crippen LogP contribution is -2.60. The van der Waals surface area contributed by atoms with Gasteiger partial charge >= 0.3 is 5.97 Å². The maximum absolute atomic E-state index is 14.6. The average Bonchev–Trinajstić information content (AvgIpc) is 3.68. The maximum Gasteiger partial charge on any atom is 0.312 e. The first-order chi connectivity index (χ1) is 18.8. The molecule has 7 atom stereocenters. The number of para-hydroxylation sites is 1. The van der Waals surface area contributed by atoms with Gasteiger partial charge in [-0.1, -0.05) is 43.7 Å². The van der Waals surface area contributed by atoms with Gasteiger partial charge < -0.3 is 24.4 Å². The summed E-state index contributed by atoms with van der Waals surface area (Å²) in [7, 11) is 0. The molecule has 5 rings (SSSR count). The van der Waals surface area contributed by atoms with Crippen LogP contribution in [0.15, 0.2) is 36.9 Å². The van der Waals surface area contributed by atoms with Gasteiger partial charge in [-0.25, -0.2) is 4.68 Å². The average molecular weight is 540 g/mol. The second-order valence-electron chi connectivity index (χ2n) is 10.8. The van der Waals surface area contributed by atoms with Gasteiger partial charge in [-0.15, -0.1) is 11.7 Å². The van der Waals surface area contributed by atoms with Crippen molar-refractivity contribution in [3.63, 3.8) is 0 Å². The second-order valence-corrected chi connectivity index (χ2v) is 10.8. The van der Waals surface area contributed by atoms with Crippen molar-refractivity contribution in [3.05, 3.63) is 36.9 Å². The SMILES string of the molecule is C=CCN(Cn1nnc2ccccc21)C(=O)C1N([C@@H](CO)[C@@H](C)CC)C(=O)[C@@H]2[C@H](C(=O)OCC)[C@@H]3CCC12O3. The highest BCUT2D eigenvalue weighted by Crippen LogP contribution is 2.59. The molecule has 2 unspecified atom stereocenters. The molecule has 1 aromatic heterocycles. The first-order valence-electron chi connectivity index (χ1n) is 13.8. The summed E-state index contributed by atoms with van der Waals surface area (Å²) in [6.07, 6.45) is 2.84. The van der Waals surface area contributed by atoms with Crippen LogP contribution in [0.5, 0.6) is 0 Å². The molecule has 1 spiro atoms. The summed E-state index contributed by atoms with van der Waals surface area (Å²) >= 11 is 0. The Hall–Kier alpha value is -3.31. The number of amides is 2. The van der Waals surface area contributed by atoms with Gasteiger partial charge in [0.05, 0.1) is 42.7 Å². The van der Waals surface area contributed by atoms with Crippen molar-refractivity contribution < 1.29 is 29.0 Å². The number of likely N-dealkylation sites (tertiary alicyclic amines) is 1. The quantitative estimate of drug-likeness (QED) is 0.338. The van der Waals surface area contributed by atoms with E-state index in [2.05, 4.69) is 16.9 Å². The Balaban J connectivity index is 1.57. The molecule has 3 aliphatic heterocycles. The number of aliphatic hydroxyl groups is 1. The lowest BCUT2D eigenvalue weighted by molar-refractivity contribution is -0.157. The van der Waals surface area contributed by atoms with Crippen molar-refractivity contribution in [2.75, 3.05) is 19.8 Å². The summed E-state index contributed by atoms with van der Waals surface area (Å²) in [5.74, 6) is -2.86. The Morgan fingerprint density at radius 3 is 2.82 bits per heavy atom. The largest absolute Gasteiger partial charge is 0.466 e. The molecule has 2 amide bonds. The predicted molar refractivity (Wildman–Crippen MR) is 141 cm³/mol. The molecule has 11 heteroatoms. The number of carbonyl (C=O) groups excluding carboxylic acids is 3. The Morgan fingerprint density at radius 1 is 1.36 bits per heavy atom. The Kier molecular flexibility index (Phi) is 7.47. The number of ether oxygens (including phenoxy) is 2. The zero-order valence-electron chi connectivity index (χ0n) is 22.7. The number of nitrogens with zero attached hydrogens (tertiary/aromatic N) is 5. The maximum atomic E-state index is 14.6. The van der Waals surface area contributed by atoms with E-state index in [1.807, 2.05) is 38.1 Å². The van der Waals surface area contributed by atoms with Crippen molar-refractivity contribution in [3.8, 4) is 0 Å². The van der Waals surface area contributed by atoms with Gasteiger partial charge in [0.1, 0.15) is 23.8 Å². The number of hydrogen-bond acceptors (Lipinski definition) is 8. The number of fused-ring (bicyclic) bond motifs is 2. The molecule has 3 fully saturated rings. The van der Waals surface area contributed by atoms with E-state index < -0.39 is 41.6 Å². The van der Waals surface area contributed by atoms with E-state index in [4.69, 9.17) is 9.47 Å². The fourth-order valence-electron chi connectivity index (χ4n) is 6.78. The lowest BCUT2D eigenvalue weighted by Gasteiger charge is -2.40. The van der Waals surface area contributed by atoms with Crippen molar-refractivity contribution in [1.29, 1.82) is 0 Å². The molecule has 1 aromatic carbocycles. The van der Waals surface area contributed by atoms with Crippen molar-refractivity contribution in [2.45, 2.75) is 70.5 Å². The van der Waals surface area contributed by atoms with Crippen LogP contribution in [0.2, 0.25) is 0 Å². The highest BCUT2D eigenvalue weighted by atomic mass is 16.6. The number of benzene rings is 1. The van der Waals surface area contributed by atoms with Crippen LogP contribution in [0.1, 0.15) is 40.0 Å². The Bertz CT molecular complexity index is 1260. The number of carbonyl (C=O) groups is 3. The molecule has 1 N–H and O–H groups in total. The molecule has 2 bridgehead atoms. The predicted octanol–water partition coefficient (Wildman–Crippen LogP) is 1.75. The number of hydrogen-bond donors (Lipinski definition) is 1. The minimum Gasteiger partial charge on any atom is -0.466 e. The summed E-state index contributed by atoms with van der Waals surface area (Å²) in [5.41, 5.74) is 0.288. The zero-order chi connectivity index (χ0) is 27.9. The minimum absolute atomic E-state index is 0.0858. The minimum atomic E-state index is -1.18. The van der Waals surface area contributed by atoms with Crippen LogP contribution in [-0.2, 0) is 30.5 Å². The van der Waals surface area contributed by atoms with Crippen molar-refractivity contribution in [2.24, 2.45) is 17.8 Å². The molecule has 4 heterocycles. The van der Waals surface area contributed by atoms with Crippen molar-refractivity contribution >= 4 is 28.8 Å². The summed E-state index contributed by atoms with van der Waals surface area (Å²) < 4.78 is 13.5. The molecule has 0 aliphatic carbocycles. The molecule has 2 aromatic rings. The van der Waals surface area contributed by atoms with Crippen LogP contribution in [0.4, 0.5) is 0 Å². The van der Waals surface area contributed by atoms with Crippen molar-refractivity contribution in [1.82, 2.24) is 24.8 Å². The zero-order valence-corrected chi connectivity index (χ0v) is 22.7. The molecule has 3 saturated heterocycles. The van der Waals surface area contributed by atoms with E-state index in [0.29, 0.717) is 24.8 Å². The third-order valence-electron chi connectivity index (χ3n) is 8.76. The Morgan fingerprint density at radius 2 is 2.13 bits per heavy atom. The number of rotatable bonds is 11. The molecule has 3 aliphatic rings. The van der Waals surface area contributed by atoms with Gasteiger partial charge in [0.15, 0.2) is 0 Å². The van der Waals surface area contributed by atoms with Gasteiger partial charge in [0.2, 0.25) is 11.8 Å². The van der Waals surface area contributed by atoms with E-state index in [1.165, 1.54) is 4.90 Å². The molecule has 0 saturated carbocycles. The van der Waals surface area contributed by atoms with Crippen LogP contribution >= 0.6 is 0 Å². The molecule has 0 radical (unpaired) electrons. The standard InChI is InChI=1S/C28H37N5O6/c1-5-14-31(16-32-19-11-9-8-10-18(19)29-30-32)26(36)24-28-13-12-21(39-28)22(27(37)38-7-3)23(28)25(35)33(24)20(15-34)17(4)6-2/h5,8-11,17,20-24,34H,1,6-7,12-16H2,2-4H3/t17-,20-,21-,22+,23-,24?,28?/m0/s1. The number of aliphatic hydroxyl groups excluding tert-OH is 1. The Labute approximate surface area is 227 Å². The number of esters is 1. The van der Waals surface area contributed by atoms with Gasteiger partial charge in [-0.3, -0.25) is 14.4 Å². The summed E-state index contributed by atoms with van der Waals surface area (Å²) in [5, 5.41) is 18.9. The first-order valence-corrected chi connectivity index (χ1v) is 13.8. The van der Waals surface area contributed by atoms with Crippen LogP contribution in [0, 0.1) is 17.8 Å². The van der Waals surface area contributed by atoms with Crippen LogP contribution in [0.3, 0.4) is 0 Å². The van der Waals surface area contributed by atoms with E-state index in [0.717, 1.165) is 5.52 Å². The first kappa shape index (κ1) is 27.3. The monoisotopic (exact) mass is 539 g/mol. The molecule has 39 heavy (non-hydrogen) atoms. The van der Waals surface area contributed by atoms with Crippen LogP contribution in [-0.4, -0.2) is 91.2 Å². The molecular weight excluding hydrogens is 502 g/mol. The van der Waals surface area contributed by atoms with Crippen LogP contribution < -0.4 is 0 Å². The summed E-state index contributed by atoms with van der Waals surface area (Å²) in [6.45, 7) is 9.66. The van der Waals surface area contributed by atoms with E-state index >= 15 is 0 Å². The third kappa shape index (κ3) is 4.22. The summed E-state index contributed by atoms with van der Waals surface area (Å²) in [6, 6.07) is 5.84.